The molecule has 0 radical (unpaired) electrons. The summed E-state index contributed by atoms with van der Waals surface area (Å²) in [6.07, 6.45) is 3.57. The molecule has 0 amide bonds. The summed E-state index contributed by atoms with van der Waals surface area (Å²) in [5, 5.41) is 0. The lowest BCUT2D eigenvalue weighted by molar-refractivity contribution is -0.134. The van der Waals surface area contributed by atoms with Gasteiger partial charge in [0.15, 0.2) is 5.71 Å². The van der Waals surface area contributed by atoms with Crippen LogP contribution in [0, 0.1) is 0 Å². The van der Waals surface area contributed by atoms with Gasteiger partial charge in [0.2, 0.25) is 0 Å². The Balaban J connectivity index is 2.24. The lowest BCUT2D eigenvalue weighted by Gasteiger charge is -1.99. The Kier molecular flexibility index (Phi) is 3.41. The van der Waals surface area contributed by atoms with Crippen LogP contribution in [-0.4, -0.2) is 18.3 Å². The summed E-state index contributed by atoms with van der Waals surface area (Å²) >= 11 is 1.30. The third-order valence-corrected chi connectivity index (χ3v) is 2.92. The van der Waals surface area contributed by atoms with E-state index in [0.717, 1.165) is 10.5 Å². The number of benzene rings is 1. The van der Waals surface area contributed by atoms with E-state index in [4.69, 9.17) is 4.74 Å². The molecule has 0 unspecified atom stereocenters. The van der Waals surface area contributed by atoms with Gasteiger partial charge in [0.25, 0.3) is 0 Å². The number of hydrogen-bond donors (Lipinski definition) is 0. The van der Waals surface area contributed by atoms with Crippen LogP contribution in [0.1, 0.15) is 12.5 Å². The van der Waals surface area contributed by atoms with Gasteiger partial charge in [0, 0.05) is 16.8 Å². The summed E-state index contributed by atoms with van der Waals surface area (Å²) in [5.41, 5.74) is 1.42. The molecule has 16 heavy (non-hydrogen) atoms. The number of carbonyl (C=O) groups is 1. The zero-order valence-electron chi connectivity index (χ0n) is 8.84. The maximum absolute atomic E-state index is 11.5. The maximum Gasteiger partial charge on any atom is 0.357 e. The monoisotopic (exact) mass is 233 g/mol. The highest BCUT2D eigenvalue weighted by Crippen LogP contribution is 2.27. The van der Waals surface area contributed by atoms with Crippen molar-refractivity contribution in [2.24, 2.45) is 4.40 Å². The predicted molar refractivity (Wildman–Crippen MR) is 65.4 cm³/mol. The van der Waals surface area contributed by atoms with Crippen molar-refractivity contribution in [3.8, 4) is 0 Å². The summed E-state index contributed by atoms with van der Waals surface area (Å²) in [7, 11) is 0. The van der Waals surface area contributed by atoms with Crippen LogP contribution in [0.25, 0.3) is 6.08 Å². The minimum Gasteiger partial charge on any atom is -0.461 e. The molecule has 0 bridgehead atoms. The van der Waals surface area contributed by atoms with E-state index in [2.05, 4.69) is 4.40 Å². The number of esters is 1. The van der Waals surface area contributed by atoms with E-state index in [1.165, 1.54) is 11.9 Å². The first-order valence-electron chi connectivity index (χ1n) is 5.00. The van der Waals surface area contributed by atoms with Crippen LogP contribution >= 0.6 is 11.9 Å². The highest BCUT2D eigenvalue weighted by atomic mass is 32.2. The number of fused-ring (bicyclic) bond motifs is 1. The molecule has 0 saturated heterocycles. The third kappa shape index (κ3) is 2.33. The molecule has 0 spiro atoms. The molecule has 0 N–H and O–H groups in total. The Morgan fingerprint density at radius 1 is 1.38 bits per heavy atom. The van der Waals surface area contributed by atoms with Crippen LogP contribution in [-0.2, 0) is 9.53 Å². The maximum atomic E-state index is 11.5. The fourth-order valence-corrected chi connectivity index (χ4v) is 2.02. The zero-order chi connectivity index (χ0) is 11.4. The molecule has 0 fully saturated rings. The second kappa shape index (κ2) is 4.99. The largest absolute Gasteiger partial charge is 0.461 e. The molecule has 1 aliphatic rings. The molecular weight excluding hydrogens is 222 g/mol. The minimum absolute atomic E-state index is 0.350. The molecular formula is C12H11NO2S. The normalized spacial score (nSPS) is 13.7. The topological polar surface area (TPSA) is 38.7 Å². The number of ether oxygens (including phenoxy) is 1. The average Bonchev–Trinajstić information content (AvgIpc) is 2.51. The molecule has 3 nitrogen and oxygen atoms in total. The van der Waals surface area contributed by atoms with Gasteiger partial charge in [-0.15, -0.1) is 0 Å². The zero-order valence-corrected chi connectivity index (χ0v) is 9.66. The SMILES string of the molecule is CCOC(=O)C1=NSc2ccccc2C=C1. The summed E-state index contributed by atoms with van der Waals surface area (Å²) in [6, 6.07) is 7.87. The summed E-state index contributed by atoms with van der Waals surface area (Å²) in [4.78, 5) is 12.5. The number of carbonyl (C=O) groups excluding carboxylic acids is 1. The van der Waals surface area contributed by atoms with E-state index >= 15 is 0 Å². The molecule has 1 aromatic carbocycles. The second-order valence-corrected chi connectivity index (χ2v) is 3.96. The van der Waals surface area contributed by atoms with Crippen molar-refractivity contribution < 1.29 is 9.53 Å². The highest BCUT2D eigenvalue weighted by Gasteiger charge is 2.12. The van der Waals surface area contributed by atoms with Crippen molar-refractivity contribution in [1.29, 1.82) is 0 Å². The van der Waals surface area contributed by atoms with Crippen LogP contribution in [0.15, 0.2) is 39.6 Å². The standard InChI is InChI=1S/C12H11NO2S/c1-2-15-12(14)10-8-7-9-5-3-4-6-11(9)16-13-10/h3-8H,2H2,1H3. The van der Waals surface area contributed by atoms with Gasteiger partial charge in [-0.05, 0) is 24.6 Å². The van der Waals surface area contributed by atoms with Crippen molar-refractivity contribution >= 4 is 29.7 Å². The quantitative estimate of drug-likeness (QED) is 0.582. The molecule has 1 aromatic rings. The number of rotatable bonds is 2. The van der Waals surface area contributed by atoms with Gasteiger partial charge in [-0.3, -0.25) is 0 Å². The van der Waals surface area contributed by atoms with E-state index in [0.29, 0.717) is 12.3 Å². The minimum atomic E-state index is -0.376. The van der Waals surface area contributed by atoms with Gasteiger partial charge < -0.3 is 4.74 Å². The van der Waals surface area contributed by atoms with Gasteiger partial charge >= 0.3 is 5.97 Å². The van der Waals surface area contributed by atoms with E-state index in [9.17, 15) is 4.79 Å². The smallest absolute Gasteiger partial charge is 0.357 e. The Morgan fingerprint density at radius 2 is 2.19 bits per heavy atom. The molecule has 2 rings (SSSR count). The lowest BCUT2D eigenvalue weighted by Crippen LogP contribution is -2.14. The molecule has 82 valence electrons. The van der Waals surface area contributed by atoms with Crippen LogP contribution in [0.4, 0.5) is 0 Å². The van der Waals surface area contributed by atoms with Gasteiger partial charge in [0.05, 0.1) is 6.61 Å². The van der Waals surface area contributed by atoms with Crippen molar-refractivity contribution in [1.82, 2.24) is 0 Å². The Labute approximate surface area is 98.4 Å². The van der Waals surface area contributed by atoms with Gasteiger partial charge in [0.1, 0.15) is 0 Å². The first-order valence-corrected chi connectivity index (χ1v) is 5.78. The van der Waals surface area contributed by atoms with E-state index in [-0.39, 0.29) is 5.97 Å². The van der Waals surface area contributed by atoms with E-state index < -0.39 is 0 Å². The highest BCUT2D eigenvalue weighted by molar-refractivity contribution is 7.98. The Morgan fingerprint density at radius 3 is 3.00 bits per heavy atom. The summed E-state index contributed by atoms with van der Waals surface area (Å²) < 4.78 is 9.06. The summed E-state index contributed by atoms with van der Waals surface area (Å²) in [5.74, 6) is -0.376. The van der Waals surface area contributed by atoms with Gasteiger partial charge in [-0.25, -0.2) is 9.19 Å². The van der Waals surface area contributed by atoms with Crippen molar-refractivity contribution in [2.75, 3.05) is 6.61 Å². The first kappa shape index (κ1) is 11.0. The number of hydrogen-bond acceptors (Lipinski definition) is 4. The fourth-order valence-electron chi connectivity index (χ4n) is 1.31. The lowest BCUT2D eigenvalue weighted by atomic mass is 10.2. The summed E-state index contributed by atoms with van der Waals surface area (Å²) in [6.45, 7) is 2.14. The van der Waals surface area contributed by atoms with Crippen LogP contribution in [0.3, 0.4) is 0 Å². The molecule has 1 heterocycles. The average molecular weight is 233 g/mol. The van der Waals surface area contributed by atoms with E-state index in [1.807, 2.05) is 30.3 Å². The molecule has 0 atom stereocenters. The first-order chi connectivity index (χ1) is 7.81. The van der Waals surface area contributed by atoms with Crippen LogP contribution in [0.2, 0.25) is 0 Å². The van der Waals surface area contributed by atoms with Crippen molar-refractivity contribution in [3.05, 3.63) is 35.9 Å². The predicted octanol–water partition coefficient (Wildman–Crippen LogP) is 2.72. The van der Waals surface area contributed by atoms with E-state index in [1.54, 1.807) is 13.0 Å². The molecule has 4 heteroatoms. The fraction of sp³-hybridized carbons (Fsp3) is 0.167. The molecule has 0 aliphatic carbocycles. The number of nitrogens with zero attached hydrogens (tertiary/aromatic N) is 1. The molecule has 0 saturated carbocycles. The van der Waals surface area contributed by atoms with Crippen LogP contribution < -0.4 is 0 Å². The Hall–Kier alpha value is -1.55. The van der Waals surface area contributed by atoms with Gasteiger partial charge in [-0.2, -0.15) is 0 Å². The Bertz CT molecular complexity index is 466. The molecule has 1 aliphatic heterocycles. The van der Waals surface area contributed by atoms with Crippen molar-refractivity contribution in [3.63, 3.8) is 0 Å². The van der Waals surface area contributed by atoms with Gasteiger partial charge in [-0.1, -0.05) is 24.3 Å². The van der Waals surface area contributed by atoms with Crippen molar-refractivity contribution in [2.45, 2.75) is 11.8 Å². The second-order valence-electron chi connectivity index (χ2n) is 3.16. The third-order valence-electron chi connectivity index (χ3n) is 2.07. The van der Waals surface area contributed by atoms with Crippen LogP contribution in [0.5, 0.6) is 0 Å². The molecule has 0 aromatic heterocycles.